The summed E-state index contributed by atoms with van der Waals surface area (Å²) in [5, 5.41) is 0. The minimum atomic E-state index is -4.26. The van der Waals surface area contributed by atoms with Crippen molar-refractivity contribution in [2.24, 2.45) is 0 Å². The van der Waals surface area contributed by atoms with Gasteiger partial charge in [0.1, 0.15) is 0 Å². The predicted octanol–water partition coefficient (Wildman–Crippen LogP) is 4.91. The van der Waals surface area contributed by atoms with Gasteiger partial charge in [-0.25, -0.2) is 0 Å². The summed E-state index contributed by atoms with van der Waals surface area (Å²) in [4.78, 5) is 0. The molecule has 0 fully saturated rings. The van der Waals surface area contributed by atoms with Crippen LogP contribution >= 0.6 is 0 Å². The number of hydrogen-bond donors (Lipinski definition) is 0. The first kappa shape index (κ1) is 12.8. The molecule has 0 unspecified atom stereocenters. The first-order valence-corrected chi connectivity index (χ1v) is 5.31. The molecule has 0 amide bonds. The van der Waals surface area contributed by atoms with Crippen LogP contribution in [-0.2, 0) is 6.18 Å². The van der Waals surface area contributed by atoms with Gasteiger partial charge in [-0.05, 0) is 36.6 Å². The van der Waals surface area contributed by atoms with Crippen LogP contribution in [0.1, 0.15) is 37.8 Å². The maximum Gasteiger partial charge on any atom is 0.416 e. The van der Waals surface area contributed by atoms with Crippen LogP contribution in [0.4, 0.5) is 13.2 Å². The third-order valence-electron chi connectivity index (χ3n) is 2.43. The van der Waals surface area contributed by atoms with E-state index < -0.39 is 11.7 Å². The zero-order valence-corrected chi connectivity index (χ0v) is 9.43. The second kappa shape index (κ2) is 5.19. The van der Waals surface area contributed by atoms with E-state index in [1.54, 1.807) is 6.07 Å². The van der Waals surface area contributed by atoms with Gasteiger partial charge < -0.3 is 0 Å². The minimum absolute atomic E-state index is 0.583. The van der Waals surface area contributed by atoms with E-state index in [1.807, 2.05) is 19.9 Å². The summed E-state index contributed by atoms with van der Waals surface area (Å²) in [5.74, 6) is 0. The summed E-state index contributed by atoms with van der Waals surface area (Å²) in [5.41, 5.74) is 1.05. The number of halogens is 3. The summed E-state index contributed by atoms with van der Waals surface area (Å²) < 4.78 is 37.5. The second-order valence-electron chi connectivity index (χ2n) is 3.64. The molecule has 1 rings (SSSR count). The summed E-state index contributed by atoms with van der Waals surface area (Å²) in [6.45, 7) is 3.86. The molecule has 0 aliphatic heterocycles. The van der Waals surface area contributed by atoms with E-state index in [0.29, 0.717) is 5.56 Å². The number of hydrogen-bond acceptors (Lipinski definition) is 0. The minimum Gasteiger partial charge on any atom is -0.166 e. The van der Waals surface area contributed by atoms with Crippen molar-refractivity contribution in [2.75, 3.05) is 0 Å². The van der Waals surface area contributed by atoms with Gasteiger partial charge in [0, 0.05) is 0 Å². The van der Waals surface area contributed by atoms with Crippen molar-refractivity contribution in [2.45, 2.75) is 32.9 Å². The molecule has 3 heteroatoms. The van der Waals surface area contributed by atoms with Crippen LogP contribution < -0.4 is 0 Å². The van der Waals surface area contributed by atoms with Gasteiger partial charge in [0.25, 0.3) is 0 Å². The summed E-state index contributed by atoms with van der Waals surface area (Å²) in [7, 11) is 0. The normalized spacial score (nSPS) is 12.9. The Kier molecular flexibility index (Phi) is 4.16. The monoisotopic (exact) mass is 228 g/mol. The highest BCUT2D eigenvalue weighted by molar-refractivity contribution is 5.65. The lowest BCUT2D eigenvalue weighted by Gasteiger charge is -2.10. The Morgan fingerprint density at radius 1 is 1.31 bits per heavy atom. The van der Waals surface area contributed by atoms with Crippen LogP contribution in [0, 0.1) is 0 Å². The lowest BCUT2D eigenvalue weighted by molar-refractivity contribution is -0.137. The van der Waals surface area contributed by atoms with E-state index in [0.717, 1.165) is 24.5 Å². The quantitative estimate of drug-likeness (QED) is 0.689. The van der Waals surface area contributed by atoms with Crippen LogP contribution in [0.2, 0.25) is 0 Å². The first-order chi connectivity index (χ1) is 7.49. The number of benzene rings is 1. The van der Waals surface area contributed by atoms with Crippen molar-refractivity contribution < 1.29 is 13.2 Å². The van der Waals surface area contributed by atoms with Gasteiger partial charge in [-0.3, -0.25) is 0 Å². The maximum absolute atomic E-state index is 12.5. The topological polar surface area (TPSA) is 0 Å². The van der Waals surface area contributed by atoms with Crippen molar-refractivity contribution >= 4 is 5.57 Å². The molecule has 0 saturated carbocycles. The maximum atomic E-state index is 12.5. The number of rotatable bonds is 3. The standard InChI is InChI=1S/C13H15F3/c1-3-6-10(4-2)11-7-5-8-12(9-11)13(14,15)16/h4-5,7-9H,3,6H2,1-2H3/b10-4-. The third-order valence-corrected chi connectivity index (χ3v) is 2.43. The fraction of sp³-hybridized carbons (Fsp3) is 0.385. The smallest absolute Gasteiger partial charge is 0.166 e. The van der Waals surface area contributed by atoms with Crippen LogP contribution in [-0.4, -0.2) is 0 Å². The van der Waals surface area contributed by atoms with Gasteiger partial charge >= 0.3 is 6.18 Å². The molecule has 0 atom stereocenters. The SMILES string of the molecule is C/C=C(/CCC)c1cccc(C(F)(F)F)c1. The van der Waals surface area contributed by atoms with Crippen LogP contribution in [0.3, 0.4) is 0 Å². The molecule has 0 saturated heterocycles. The average molecular weight is 228 g/mol. The first-order valence-electron chi connectivity index (χ1n) is 5.31. The Balaban J connectivity index is 3.07. The lowest BCUT2D eigenvalue weighted by atomic mass is 9.99. The molecule has 0 spiro atoms. The van der Waals surface area contributed by atoms with Crippen molar-refractivity contribution in [3.8, 4) is 0 Å². The molecule has 0 bridgehead atoms. The molecule has 16 heavy (non-hydrogen) atoms. The van der Waals surface area contributed by atoms with Crippen molar-refractivity contribution in [1.29, 1.82) is 0 Å². The molecular weight excluding hydrogens is 213 g/mol. The van der Waals surface area contributed by atoms with Crippen LogP contribution in [0.25, 0.3) is 5.57 Å². The Morgan fingerprint density at radius 3 is 2.50 bits per heavy atom. The molecule has 88 valence electrons. The summed E-state index contributed by atoms with van der Waals surface area (Å²) >= 11 is 0. The van der Waals surface area contributed by atoms with Crippen molar-refractivity contribution in [3.05, 3.63) is 41.5 Å². The van der Waals surface area contributed by atoms with Gasteiger partial charge in [0.15, 0.2) is 0 Å². The van der Waals surface area contributed by atoms with E-state index in [9.17, 15) is 13.2 Å². The second-order valence-corrected chi connectivity index (χ2v) is 3.64. The van der Waals surface area contributed by atoms with Gasteiger partial charge in [0.05, 0.1) is 5.56 Å². The van der Waals surface area contributed by atoms with E-state index in [2.05, 4.69) is 0 Å². The molecule has 0 heterocycles. The predicted molar refractivity (Wildman–Crippen MR) is 60.0 cm³/mol. The molecule has 1 aromatic rings. The van der Waals surface area contributed by atoms with E-state index in [4.69, 9.17) is 0 Å². The van der Waals surface area contributed by atoms with Crippen molar-refractivity contribution in [3.63, 3.8) is 0 Å². The number of alkyl halides is 3. The summed E-state index contributed by atoms with van der Waals surface area (Å²) in [6, 6.07) is 5.49. The molecule has 0 radical (unpaired) electrons. The molecule has 0 N–H and O–H groups in total. The molecule has 0 aliphatic rings. The van der Waals surface area contributed by atoms with Crippen LogP contribution in [0.15, 0.2) is 30.3 Å². The highest BCUT2D eigenvalue weighted by atomic mass is 19.4. The van der Waals surface area contributed by atoms with Crippen molar-refractivity contribution in [1.82, 2.24) is 0 Å². The van der Waals surface area contributed by atoms with E-state index in [1.165, 1.54) is 12.1 Å². The van der Waals surface area contributed by atoms with E-state index in [-0.39, 0.29) is 0 Å². The molecule has 1 aromatic carbocycles. The molecule has 0 aliphatic carbocycles. The molecule has 0 aromatic heterocycles. The fourth-order valence-electron chi connectivity index (χ4n) is 1.62. The average Bonchev–Trinajstić information content (AvgIpc) is 2.25. The van der Waals surface area contributed by atoms with Gasteiger partial charge in [0.2, 0.25) is 0 Å². The zero-order chi connectivity index (χ0) is 12.2. The van der Waals surface area contributed by atoms with Gasteiger partial charge in [-0.1, -0.05) is 31.6 Å². The van der Waals surface area contributed by atoms with Gasteiger partial charge in [-0.15, -0.1) is 0 Å². The fourth-order valence-corrected chi connectivity index (χ4v) is 1.62. The van der Waals surface area contributed by atoms with E-state index >= 15 is 0 Å². The third kappa shape index (κ3) is 3.12. The zero-order valence-electron chi connectivity index (χ0n) is 9.43. The summed E-state index contributed by atoms with van der Waals surface area (Å²) in [6.07, 6.45) is -0.659. The Bertz CT molecular complexity index is 375. The lowest BCUT2D eigenvalue weighted by Crippen LogP contribution is -2.05. The highest BCUT2D eigenvalue weighted by Gasteiger charge is 2.30. The molecular formula is C13H15F3. The highest BCUT2D eigenvalue weighted by Crippen LogP contribution is 2.31. The van der Waals surface area contributed by atoms with Gasteiger partial charge in [-0.2, -0.15) is 13.2 Å². The Labute approximate surface area is 93.8 Å². The Hall–Kier alpha value is -1.25. The largest absolute Gasteiger partial charge is 0.416 e. The number of allylic oxidation sites excluding steroid dienone is 2. The Morgan fingerprint density at radius 2 is 2.00 bits per heavy atom. The molecule has 0 nitrogen and oxygen atoms in total. The van der Waals surface area contributed by atoms with Crippen LogP contribution in [0.5, 0.6) is 0 Å².